The standard InChI is InChI=1S/C25H22N2O5S/c1-17-11-13-19(14-12-17)33(30,31)27-16-23(28)32-25(18-7-3-2-4-8-18)24(29)21-15-26-22-10-6-5-9-20(21)22/h2-15,25-27H,16H2,1H3. The van der Waals surface area contributed by atoms with Gasteiger partial charge in [0.05, 0.1) is 4.90 Å². The summed E-state index contributed by atoms with van der Waals surface area (Å²) >= 11 is 0. The number of aromatic nitrogens is 1. The lowest BCUT2D eigenvalue weighted by Crippen LogP contribution is -2.32. The van der Waals surface area contributed by atoms with Gasteiger partial charge in [-0.1, -0.05) is 66.2 Å². The predicted octanol–water partition coefficient (Wildman–Crippen LogP) is 3.92. The molecule has 1 unspecified atom stereocenters. The van der Waals surface area contributed by atoms with E-state index in [9.17, 15) is 18.0 Å². The van der Waals surface area contributed by atoms with Gasteiger partial charge in [0.15, 0.2) is 6.10 Å². The van der Waals surface area contributed by atoms with E-state index >= 15 is 0 Å². The summed E-state index contributed by atoms with van der Waals surface area (Å²) in [7, 11) is -3.91. The van der Waals surface area contributed by atoms with Crippen molar-refractivity contribution in [1.29, 1.82) is 0 Å². The van der Waals surface area contributed by atoms with Gasteiger partial charge in [-0.3, -0.25) is 9.59 Å². The van der Waals surface area contributed by atoms with Gasteiger partial charge in [-0.15, -0.1) is 0 Å². The van der Waals surface area contributed by atoms with E-state index in [2.05, 4.69) is 9.71 Å². The van der Waals surface area contributed by atoms with Crippen molar-refractivity contribution in [3.8, 4) is 0 Å². The minimum atomic E-state index is -3.91. The molecule has 2 N–H and O–H groups in total. The van der Waals surface area contributed by atoms with Crippen LogP contribution in [0.2, 0.25) is 0 Å². The number of esters is 1. The van der Waals surface area contributed by atoms with Crippen LogP contribution >= 0.6 is 0 Å². The van der Waals surface area contributed by atoms with Gasteiger partial charge < -0.3 is 9.72 Å². The number of para-hydroxylation sites is 1. The molecule has 4 rings (SSSR count). The summed E-state index contributed by atoms with van der Waals surface area (Å²) in [6, 6.07) is 22.2. The minimum Gasteiger partial charge on any atom is -0.448 e. The molecule has 1 heterocycles. The van der Waals surface area contributed by atoms with E-state index in [1.165, 1.54) is 12.1 Å². The molecule has 1 aromatic heterocycles. The number of hydrogen-bond acceptors (Lipinski definition) is 5. The molecule has 1 atom stereocenters. The van der Waals surface area contributed by atoms with Gasteiger partial charge in [-0.05, 0) is 25.1 Å². The number of ketones is 1. The quantitative estimate of drug-likeness (QED) is 0.305. The molecular formula is C25H22N2O5S. The lowest BCUT2D eigenvalue weighted by molar-refractivity contribution is -0.145. The van der Waals surface area contributed by atoms with Gasteiger partial charge in [0.2, 0.25) is 15.8 Å². The van der Waals surface area contributed by atoms with Crippen molar-refractivity contribution >= 4 is 32.7 Å². The number of fused-ring (bicyclic) bond motifs is 1. The first-order chi connectivity index (χ1) is 15.8. The van der Waals surface area contributed by atoms with Gasteiger partial charge in [-0.25, -0.2) is 8.42 Å². The zero-order chi connectivity index (χ0) is 23.4. The smallest absolute Gasteiger partial charge is 0.322 e. The van der Waals surface area contributed by atoms with Crippen LogP contribution in [0, 0.1) is 6.92 Å². The second-order valence-corrected chi connectivity index (χ2v) is 9.30. The fourth-order valence-corrected chi connectivity index (χ4v) is 4.41. The van der Waals surface area contributed by atoms with Crippen molar-refractivity contribution in [2.24, 2.45) is 0 Å². The Labute approximate surface area is 191 Å². The Morgan fingerprint density at radius 2 is 1.61 bits per heavy atom. The summed E-state index contributed by atoms with van der Waals surface area (Å²) in [5.74, 6) is -1.28. The van der Waals surface area contributed by atoms with Crippen LogP contribution in [-0.4, -0.2) is 31.7 Å². The Balaban J connectivity index is 1.54. The molecule has 0 spiro atoms. The Morgan fingerprint density at radius 3 is 2.33 bits per heavy atom. The van der Waals surface area contributed by atoms with Gasteiger partial charge in [0.1, 0.15) is 6.54 Å². The van der Waals surface area contributed by atoms with E-state index in [-0.39, 0.29) is 4.90 Å². The summed E-state index contributed by atoms with van der Waals surface area (Å²) in [4.78, 5) is 29.0. The number of nitrogens with one attached hydrogen (secondary N) is 2. The van der Waals surface area contributed by atoms with E-state index in [0.717, 1.165) is 11.1 Å². The normalized spacial score (nSPS) is 12.4. The highest BCUT2D eigenvalue weighted by Gasteiger charge is 2.28. The molecule has 0 amide bonds. The Morgan fingerprint density at radius 1 is 0.939 bits per heavy atom. The maximum atomic E-state index is 13.4. The molecule has 4 aromatic rings. The molecule has 0 aliphatic rings. The minimum absolute atomic E-state index is 0.0374. The second-order valence-electron chi connectivity index (χ2n) is 7.53. The topological polar surface area (TPSA) is 105 Å². The number of aryl methyl sites for hydroxylation is 1. The fourth-order valence-electron chi connectivity index (χ4n) is 3.45. The van der Waals surface area contributed by atoms with E-state index in [0.29, 0.717) is 16.5 Å². The third-order valence-electron chi connectivity index (χ3n) is 5.18. The number of Topliss-reactive ketones (excluding diaryl/α,β-unsaturated/α-hetero) is 1. The van der Waals surface area contributed by atoms with E-state index < -0.39 is 34.4 Å². The van der Waals surface area contributed by atoms with Crippen LogP contribution in [0.15, 0.2) is 90.0 Å². The lowest BCUT2D eigenvalue weighted by atomic mass is 9.99. The van der Waals surface area contributed by atoms with Crippen molar-refractivity contribution in [1.82, 2.24) is 9.71 Å². The first-order valence-corrected chi connectivity index (χ1v) is 11.7. The summed E-state index contributed by atoms with van der Waals surface area (Å²) in [5.41, 5.74) is 2.56. The zero-order valence-electron chi connectivity index (χ0n) is 17.8. The van der Waals surface area contributed by atoms with Crippen molar-refractivity contribution in [2.75, 3.05) is 6.54 Å². The molecule has 0 saturated carbocycles. The Hall–Kier alpha value is -3.75. The monoisotopic (exact) mass is 462 g/mol. The fraction of sp³-hybridized carbons (Fsp3) is 0.120. The van der Waals surface area contributed by atoms with E-state index in [4.69, 9.17) is 4.74 Å². The highest BCUT2D eigenvalue weighted by molar-refractivity contribution is 7.89. The summed E-state index contributed by atoms with van der Waals surface area (Å²) < 4.78 is 32.7. The van der Waals surface area contributed by atoms with Crippen LogP contribution < -0.4 is 4.72 Å². The highest BCUT2D eigenvalue weighted by atomic mass is 32.2. The zero-order valence-corrected chi connectivity index (χ0v) is 18.6. The van der Waals surface area contributed by atoms with Crippen LogP contribution in [-0.2, 0) is 19.6 Å². The molecule has 0 aliphatic heterocycles. The van der Waals surface area contributed by atoms with Crippen LogP contribution in [0.25, 0.3) is 10.9 Å². The van der Waals surface area contributed by atoms with Gasteiger partial charge in [0, 0.05) is 28.2 Å². The molecule has 33 heavy (non-hydrogen) atoms. The van der Waals surface area contributed by atoms with Crippen molar-refractivity contribution < 1.29 is 22.7 Å². The molecule has 0 radical (unpaired) electrons. The number of H-pyrrole nitrogens is 1. The maximum absolute atomic E-state index is 13.4. The first-order valence-electron chi connectivity index (χ1n) is 10.3. The number of rotatable bonds is 8. The Kier molecular flexibility index (Phi) is 6.39. The van der Waals surface area contributed by atoms with Crippen LogP contribution in [0.5, 0.6) is 0 Å². The number of carbonyl (C=O) groups is 2. The molecule has 0 bridgehead atoms. The molecular weight excluding hydrogens is 440 g/mol. The number of hydrogen-bond donors (Lipinski definition) is 2. The van der Waals surface area contributed by atoms with Gasteiger partial charge in [-0.2, -0.15) is 4.72 Å². The average Bonchev–Trinajstić information content (AvgIpc) is 3.26. The largest absolute Gasteiger partial charge is 0.448 e. The maximum Gasteiger partial charge on any atom is 0.322 e. The molecule has 168 valence electrons. The third-order valence-corrected chi connectivity index (χ3v) is 6.60. The second kappa shape index (κ2) is 9.40. The first kappa shape index (κ1) is 22.4. The van der Waals surface area contributed by atoms with Gasteiger partial charge >= 0.3 is 5.97 Å². The summed E-state index contributed by atoms with van der Waals surface area (Å²) in [6.07, 6.45) is 0.360. The summed E-state index contributed by atoms with van der Waals surface area (Å²) in [6.45, 7) is 1.23. The number of ether oxygens (including phenoxy) is 1. The van der Waals surface area contributed by atoms with Crippen LogP contribution in [0.3, 0.4) is 0 Å². The third kappa shape index (κ3) is 5.02. The molecule has 0 fully saturated rings. The molecule has 7 nitrogen and oxygen atoms in total. The summed E-state index contributed by atoms with van der Waals surface area (Å²) in [5, 5.41) is 0.708. The van der Waals surface area contributed by atoms with Crippen molar-refractivity contribution in [2.45, 2.75) is 17.9 Å². The number of sulfonamides is 1. The molecule has 8 heteroatoms. The predicted molar refractivity (Wildman–Crippen MR) is 124 cm³/mol. The SMILES string of the molecule is Cc1ccc(S(=O)(=O)NCC(=O)OC(C(=O)c2c[nH]c3ccccc23)c2ccccc2)cc1. The number of benzene rings is 3. The average molecular weight is 463 g/mol. The number of aromatic amines is 1. The highest BCUT2D eigenvalue weighted by Crippen LogP contribution is 2.27. The lowest BCUT2D eigenvalue weighted by Gasteiger charge is -2.17. The number of carbonyl (C=O) groups excluding carboxylic acids is 2. The molecule has 0 aliphatic carbocycles. The van der Waals surface area contributed by atoms with E-state index in [1.807, 2.05) is 25.1 Å². The van der Waals surface area contributed by atoms with Crippen LogP contribution in [0.1, 0.15) is 27.6 Å². The van der Waals surface area contributed by atoms with E-state index in [1.54, 1.807) is 54.7 Å². The van der Waals surface area contributed by atoms with Crippen molar-refractivity contribution in [3.63, 3.8) is 0 Å². The Bertz CT molecular complexity index is 1390. The molecule has 3 aromatic carbocycles. The van der Waals surface area contributed by atoms with Crippen molar-refractivity contribution in [3.05, 3.63) is 102 Å². The van der Waals surface area contributed by atoms with Crippen LogP contribution in [0.4, 0.5) is 0 Å². The molecule has 0 saturated heterocycles. The van der Waals surface area contributed by atoms with Gasteiger partial charge in [0.25, 0.3) is 0 Å².